The number of carbonyl (C=O) groups is 1. The Morgan fingerprint density at radius 1 is 1.10 bits per heavy atom. The average Bonchev–Trinajstić information content (AvgIpc) is 3.04. The Bertz CT molecular complexity index is 1130. The lowest BCUT2D eigenvalue weighted by atomic mass is 9.74. The molecule has 3 heterocycles. The fourth-order valence-electron chi connectivity index (χ4n) is 8.04. The Morgan fingerprint density at radius 2 is 1.80 bits per heavy atom. The third kappa shape index (κ3) is 7.65. The Kier molecular flexibility index (Phi) is 10.4. The van der Waals surface area contributed by atoms with Crippen molar-refractivity contribution in [2.45, 2.75) is 120 Å². The fraction of sp³-hybridized carbons (Fsp3) is 0.774. The second kappa shape index (κ2) is 13.6. The van der Waals surface area contributed by atoms with Gasteiger partial charge >= 0.3 is 0 Å². The first-order chi connectivity index (χ1) is 19.6. The van der Waals surface area contributed by atoms with Crippen LogP contribution in [-0.2, 0) is 19.6 Å². The van der Waals surface area contributed by atoms with E-state index in [4.69, 9.17) is 22.1 Å². The van der Waals surface area contributed by atoms with Gasteiger partial charge in [-0.2, -0.15) is 4.31 Å². The molecule has 2 unspecified atom stereocenters. The number of ether oxygens (including phenoxy) is 1. The zero-order valence-electron chi connectivity index (χ0n) is 24.6. The number of benzene rings is 1. The van der Waals surface area contributed by atoms with Crippen molar-refractivity contribution in [2.24, 2.45) is 17.6 Å². The molecule has 0 aromatic heterocycles. The number of piperazine rings is 1. The van der Waals surface area contributed by atoms with Gasteiger partial charge in [0.1, 0.15) is 0 Å². The first-order valence-electron chi connectivity index (χ1n) is 15.8. The molecule has 4 fully saturated rings. The highest BCUT2D eigenvalue weighted by Gasteiger charge is 2.40. The van der Waals surface area contributed by atoms with Crippen LogP contribution in [0.2, 0.25) is 5.02 Å². The van der Waals surface area contributed by atoms with Gasteiger partial charge in [0.05, 0.1) is 24.0 Å². The van der Waals surface area contributed by atoms with Crippen molar-refractivity contribution in [3.05, 3.63) is 34.9 Å². The van der Waals surface area contributed by atoms with Crippen LogP contribution in [0, 0.1) is 11.8 Å². The maximum atomic E-state index is 13.8. The van der Waals surface area contributed by atoms with Crippen LogP contribution >= 0.6 is 11.6 Å². The van der Waals surface area contributed by atoms with Gasteiger partial charge in [-0.25, -0.2) is 8.42 Å². The molecule has 4 aliphatic rings. The van der Waals surface area contributed by atoms with Crippen molar-refractivity contribution in [3.63, 3.8) is 0 Å². The van der Waals surface area contributed by atoms with E-state index < -0.39 is 16.1 Å². The molecule has 0 radical (unpaired) electrons. The predicted octanol–water partition coefficient (Wildman–Crippen LogP) is 4.18. The van der Waals surface area contributed by atoms with Gasteiger partial charge in [0, 0.05) is 42.2 Å². The molecular weight excluding hydrogens is 560 g/mol. The largest absolute Gasteiger partial charge is 0.376 e. The summed E-state index contributed by atoms with van der Waals surface area (Å²) in [5.74, 6) is 0.588. The maximum absolute atomic E-state index is 13.8. The molecular formula is C31H49ClN4O4S. The molecule has 5 rings (SSSR count). The van der Waals surface area contributed by atoms with Crippen molar-refractivity contribution in [1.29, 1.82) is 0 Å². The number of hydrogen-bond donors (Lipinski definition) is 3. The minimum absolute atomic E-state index is 0.0123. The number of nitrogens with zero attached hydrogens (tertiary/aromatic N) is 1. The number of fused-ring (bicyclic) bond motifs is 2. The number of carbonyl (C=O) groups excluding carboxylic acids is 1. The number of sulfonamides is 1. The lowest BCUT2D eigenvalue weighted by Crippen LogP contribution is -2.57. The summed E-state index contributed by atoms with van der Waals surface area (Å²) in [6.07, 6.45) is 9.53. The minimum atomic E-state index is -3.21. The molecule has 10 atom stereocenters. The van der Waals surface area contributed by atoms with Crippen LogP contribution in [0.25, 0.3) is 0 Å². The van der Waals surface area contributed by atoms with Gasteiger partial charge < -0.3 is 21.1 Å². The zero-order valence-corrected chi connectivity index (χ0v) is 26.2. The predicted molar refractivity (Wildman–Crippen MR) is 163 cm³/mol. The lowest BCUT2D eigenvalue weighted by molar-refractivity contribution is -0.125. The number of nitrogens with one attached hydrogen (secondary N) is 2. The van der Waals surface area contributed by atoms with Crippen LogP contribution < -0.4 is 16.4 Å². The van der Waals surface area contributed by atoms with E-state index in [-0.39, 0.29) is 53.8 Å². The molecule has 230 valence electrons. The Hall–Kier alpha value is -1.23. The number of amides is 1. The Morgan fingerprint density at radius 3 is 2.54 bits per heavy atom. The molecule has 10 heteroatoms. The number of hydrogen-bond acceptors (Lipinski definition) is 6. The molecule has 1 amide bonds. The minimum Gasteiger partial charge on any atom is -0.376 e. The summed E-state index contributed by atoms with van der Waals surface area (Å²) in [5.41, 5.74) is 7.89. The Balaban J connectivity index is 1.26. The van der Waals surface area contributed by atoms with Crippen LogP contribution in [-0.4, -0.2) is 73.8 Å². The summed E-state index contributed by atoms with van der Waals surface area (Å²) in [6.45, 7) is 5.49. The van der Waals surface area contributed by atoms with Crippen LogP contribution in [0.15, 0.2) is 24.3 Å². The van der Waals surface area contributed by atoms with E-state index in [0.717, 1.165) is 69.8 Å². The maximum Gasteiger partial charge on any atom is 0.237 e. The summed E-state index contributed by atoms with van der Waals surface area (Å²) in [5, 5.41) is 7.63. The van der Waals surface area contributed by atoms with Gasteiger partial charge in [-0.1, -0.05) is 36.6 Å². The summed E-state index contributed by atoms with van der Waals surface area (Å²) in [4.78, 5) is 13.8. The van der Waals surface area contributed by atoms with Crippen LogP contribution in [0.5, 0.6) is 0 Å². The van der Waals surface area contributed by atoms with E-state index in [1.54, 1.807) is 4.31 Å². The van der Waals surface area contributed by atoms with Crippen molar-refractivity contribution >= 4 is 27.5 Å². The van der Waals surface area contributed by atoms with E-state index >= 15 is 0 Å². The normalized spacial score (nSPS) is 37.0. The molecule has 1 aromatic carbocycles. The van der Waals surface area contributed by atoms with Crippen LogP contribution in [0.1, 0.15) is 89.5 Å². The van der Waals surface area contributed by atoms with Crippen molar-refractivity contribution < 1.29 is 17.9 Å². The van der Waals surface area contributed by atoms with Gasteiger partial charge in [0.2, 0.25) is 15.9 Å². The summed E-state index contributed by atoms with van der Waals surface area (Å²) in [6, 6.07) is 7.41. The molecule has 2 bridgehead atoms. The number of halogens is 1. The smallest absolute Gasteiger partial charge is 0.237 e. The van der Waals surface area contributed by atoms with E-state index in [1.807, 2.05) is 24.3 Å². The van der Waals surface area contributed by atoms with Crippen LogP contribution in [0.3, 0.4) is 0 Å². The SMILES string of the molecule is C[C@@H]1CC([C@H](c2ccc(Cl)cc2)[C@H](N)C(=O)N[C@H]2CCCC[C@@H]2CC[C@H]2CN[C@@H]3CCCS(=O)(=O)N2C3)C[C@H](C)O1. The highest BCUT2D eigenvalue weighted by molar-refractivity contribution is 7.89. The van der Waals surface area contributed by atoms with Crippen molar-refractivity contribution in [2.75, 3.05) is 18.8 Å². The second-order valence-corrected chi connectivity index (χ2v) is 15.6. The van der Waals surface area contributed by atoms with Gasteiger partial charge in [-0.05, 0) is 94.7 Å². The number of nitrogens with two attached hydrogens (primary N) is 1. The van der Waals surface area contributed by atoms with Gasteiger partial charge in [0.25, 0.3) is 0 Å². The highest BCUT2D eigenvalue weighted by atomic mass is 35.5. The van der Waals surface area contributed by atoms with E-state index in [2.05, 4.69) is 24.5 Å². The molecule has 3 saturated heterocycles. The fourth-order valence-corrected chi connectivity index (χ4v) is 9.98. The van der Waals surface area contributed by atoms with Gasteiger partial charge in [-0.15, -0.1) is 0 Å². The van der Waals surface area contributed by atoms with E-state index in [0.29, 0.717) is 24.0 Å². The highest BCUT2D eigenvalue weighted by Crippen LogP contribution is 2.39. The first-order valence-corrected chi connectivity index (χ1v) is 17.8. The monoisotopic (exact) mass is 608 g/mol. The molecule has 1 saturated carbocycles. The summed E-state index contributed by atoms with van der Waals surface area (Å²) < 4.78 is 33.7. The summed E-state index contributed by atoms with van der Waals surface area (Å²) >= 11 is 6.20. The third-order valence-corrected chi connectivity index (χ3v) is 12.3. The topological polar surface area (TPSA) is 114 Å². The number of rotatable bonds is 8. The van der Waals surface area contributed by atoms with Crippen molar-refractivity contribution in [3.8, 4) is 0 Å². The third-order valence-electron chi connectivity index (χ3n) is 10.1. The molecule has 8 nitrogen and oxygen atoms in total. The summed E-state index contributed by atoms with van der Waals surface area (Å²) in [7, 11) is -3.21. The standard InChI is InChI=1S/C31H49ClN4O4S/c1-20-16-24(17-21(2)40-20)29(23-9-12-25(32)13-10-23)30(33)31(37)35-28-8-4-3-6-22(28)11-14-27-18-34-26-7-5-15-41(38,39)36(27)19-26/h9-10,12-13,20-22,24,26-30,34H,3-8,11,14-19,33H2,1-2H3,(H,35,37)/t20-,21+,22-,24?,26-,27+,28+,29+,30+/m1/s1. The van der Waals surface area contributed by atoms with Crippen LogP contribution in [0.4, 0.5) is 0 Å². The molecule has 0 spiro atoms. The quantitative estimate of drug-likeness (QED) is 0.408. The molecule has 41 heavy (non-hydrogen) atoms. The average molecular weight is 609 g/mol. The molecule has 4 N–H and O–H groups in total. The van der Waals surface area contributed by atoms with Gasteiger partial charge in [-0.3, -0.25) is 4.79 Å². The Labute approximate surface area is 251 Å². The first kappa shape index (κ1) is 31.2. The molecule has 1 aromatic rings. The van der Waals surface area contributed by atoms with E-state index in [9.17, 15) is 13.2 Å². The molecule has 3 aliphatic heterocycles. The van der Waals surface area contributed by atoms with Crippen molar-refractivity contribution in [1.82, 2.24) is 14.9 Å². The second-order valence-electron chi connectivity index (χ2n) is 13.1. The van der Waals surface area contributed by atoms with E-state index in [1.165, 1.54) is 0 Å². The zero-order chi connectivity index (χ0) is 29.1. The van der Waals surface area contributed by atoms with Gasteiger partial charge in [0.15, 0.2) is 0 Å². The molecule has 1 aliphatic carbocycles. The lowest BCUT2D eigenvalue weighted by Gasteiger charge is -2.41.